The number of imide groups is 1. The molecule has 0 unspecified atom stereocenters. The first-order valence-corrected chi connectivity index (χ1v) is 9.31. The van der Waals surface area contributed by atoms with E-state index in [1.165, 1.54) is 6.07 Å². The van der Waals surface area contributed by atoms with E-state index in [1.54, 1.807) is 49.6 Å². The molecule has 150 valence electrons. The highest BCUT2D eigenvalue weighted by atomic mass is 35.5. The highest BCUT2D eigenvalue weighted by Crippen LogP contribution is 2.31. The van der Waals surface area contributed by atoms with Crippen LogP contribution < -0.4 is 15.0 Å². The Hall–Kier alpha value is -3.32. The Kier molecular flexibility index (Phi) is 6.19. The summed E-state index contributed by atoms with van der Waals surface area (Å²) in [5.41, 5.74) is 1.000. The number of halogens is 1. The van der Waals surface area contributed by atoms with Gasteiger partial charge in [0.05, 0.1) is 25.0 Å². The smallest absolute Gasteiger partial charge is 0.338 e. The third kappa shape index (κ3) is 4.25. The van der Waals surface area contributed by atoms with Crippen LogP contribution in [0.1, 0.15) is 23.7 Å². The normalized spacial score (nSPS) is 13.7. The summed E-state index contributed by atoms with van der Waals surface area (Å²) in [7, 11) is 1.55. The van der Waals surface area contributed by atoms with Crippen molar-refractivity contribution in [3.05, 3.63) is 64.8 Å². The standard InChI is InChI=1S/C21H19ClN2O5/c1-3-11-29-21(27)13-5-4-6-15(12-13)24-19(25)17(22)18(20(24)26)23-14-7-9-16(28-2)10-8-14/h4-10,12,23H,3,11H2,1-2H3. The summed E-state index contributed by atoms with van der Waals surface area (Å²) < 4.78 is 10.2. The number of methoxy groups -OCH3 is 1. The van der Waals surface area contributed by atoms with Gasteiger partial charge < -0.3 is 14.8 Å². The minimum absolute atomic E-state index is 0.0409. The third-order valence-electron chi connectivity index (χ3n) is 4.16. The van der Waals surface area contributed by atoms with Crippen LogP contribution in [0.15, 0.2) is 59.3 Å². The molecular formula is C21H19ClN2O5. The van der Waals surface area contributed by atoms with E-state index in [0.29, 0.717) is 17.9 Å². The minimum atomic E-state index is -0.674. The van der Waals surface area contributed by atoms with E-state index >= 15 is 0 Å². The lowest BCUT2D eigenvalue weighted by Gasteiger charge is -2.16. The zero-order chi connectivity index (χ0) is 21.0. The Morgan fingerprint density at radius 1 is 1.10 bits per heavy atom. The molecule has 3 rings (SSSR count). The minimum Gasteiger partial charge on any atom is -0.497 e. The van der Waals surface area contributed by atoms with Crippen LogP contribution in [0.5, 0.6) is 5.75 Å². The molecular weight excluding hydrogens is 396 g/mol. The molecule has 0 fully saturated rings. The van der Waals surface area contributed by atoms with Gasteiger partial charge in [0.25, 0.3) is 11.8 Å². The van der Waals surface area contributed by atoms with Gasteiger partial charge in [0.15, 0.2) is 0 Å². The number of nitrogens with zero attached hydrogens (tertiary/aromatic N) is 1. The van der Waals surface area contributed by atoms with Crippen molar-refractivity contribution >= 4 is 40.8 Å². The molecule has 0 atom stereocenters. The molecule has 0 saturated heterocycles. The van der Waals surface area contributed by atoms with Crippen LogP contribution in [0.3, 0.4) is 0 Å². The molecule has 1 heterocycles. The molecule has 0 aliphatic carbocycles. The largest absolute Gasteiger partial charge is 0.497 e. The van der Waals surface area contributed by atoms with Gasteiger partial charge in [-0.25, -0.2) is 9.69 Å². The van der Waals surface area contributed by atoms with Crippen molar-refractivity contribution < 1.29 is 23.9 Å². The van der Waals surface area contributed by atoms with Crippen LogP contribution >= 0.6 is 11.6 Å². The monoisotopic (exact) mass is 414 g/mol. The summed E-state index contributed by atoms with van der Waals surface area (Å²) in [4.78, 5) is 38.5. The van der Waals surface area contributed by atoms with Crippen LogP contribution in [0.4, 0.5) is 11.4 Å². The van der Waals surface area contributed by atoms with Gasteiger partial charge in [0.1, 0.15) is 16.5 Å². The maximum Gasteiger partial charge on any atom is 0.338 e. The maximum absolute atomic E-state index is 12.9. The van der Waals surface area contributed by atoms with Crippen LogP contribution in [0.2, 0.25) is 0 Å². The van der Waals surface area contributed by atoms with Crippen molar-refractivity contribution in [1.29, 1.82) is 0 Å². The first-order valence-electron chi connectivity index (χ1n) is 8.93. The first kappa shape index (κ1) is 20.4. The number of nitrogens with one attached hydrogen (secondary N) is 1. The molecule has 2 aromatic rings. The molecule has 1 aliphatic rings. The molecule has 7 nitrogen and oxygen atoms in total. The van der Waals surface area contributed by atoms with E-state index in [0.717, 1.165) is 4.90 Å². The second-order valence-corrected chi connectivity index (χ2v) is 6.55. The van der Waals surface area contributed by atoms with Crippen LogP contribution in [-0.4, -0.2) is 31.5 Å². The van der Waals surface area contributed by atoms with Crippen LogP contribution in [-0.2, 0) is 14.3 Å². The topological polar surface area (TPSA) is 84.9 Å². The summed E-state index contributed by atoms with van der Waals surface area (Å²) >= 11 is 6.14. The van der Waals surface area contributed by atoms with Crippen molar-refractivity contribution in [3.8, 4) is 5.75 Å². The van der Waals surface area contributed by atoms with E-state index in [-0.39, 0.29) is 28.6 Å². The van der Waals surface area contributed by atoms with Crippen molar-refractivity contribution in [2.75, 3.05) is 23.9 Å². The number of esters is 1. The SMILES string of the molecule is CCCOC(=O)c1cccc(N2C(=O)C(Cl)=C(Nc3ccc(OC)cc3)C2=O)c1. The lowest BCUT2D eigenvalue weighted by Crippen LogP contribution is -2.32. The first-order chi connectivity index (χ1) is 14.0. The van der Waals surface area contributed by atoms with Gasteiger partial charge in [-0.2, -0.15) is 0 Å². The summed E-state index contributed by atoms with van der Waals surface area (Å²) in [5.74, 6) is -1.16. The number of hydrogen-bond acceptors (Lipinski definition) is 6. The fourth-order valence-electron chi connectivity index (χ4n) is 2.71. The lowest BCUT2D eigenvalue weighted by atomic mass is 10.2. The van der Waals surface area contributed by atoms with E-state index in [2.05, 4.69) is 5.32 Å². The Bertz CT molecular complexity index is 985. The number of carbonyl (C=O) groups excluding carboxylic acids is 3. The maximum atomic E-state index is 12.9. The lowest BCUT2D eigenvalue weighted by molar-refractivity contribution is -0.120. The molecule has 2 amide bonds. The number of carbonyl (C=O) groups is 3. The molecule has 2 aromatic carbocycles. The van der Waals surface area contributed by atoms with Gasteiger partial charge >= 0.3 is 5.97 Å². The van der Waals surface area contributed by atoms with Crippen molar-refractivity contribution in [2.45, 2.75) is 13.3 Å². The van der Waals surface area contributed by atoms with Gasteiger partial charge in [0, 0.05) is 5.69 Å². The van der Waals surface area contributed by atoms with E-state index in [9.17, 15) is 14.4 Å². The number of rotatable bonds is 7. The van der Waals surface area contributed by atoms with E-state index < -0.39 is 17.8 Å². The quantitative estimate of drug-likeness (QED) is 0.549. The Morgan fingerprint density at radius 3 is 2.48 bits per heavy atom. The van der Waals surface area contributed by atoms with Gasteiger partial charge in [0.2, 0.25) is 0 Å². The average molecular weight is 415 g/mol. The van der Waals surface area contributed by atoms with Crippen molar-refractivity contribution in [2.24, 2.45) is 0 Å². The fraction of sp³-hybridized carbons (Fsp3) is 0.190. The summed E-state index contributed by atoms with van der Waals surface area (Å²) in [6.07, 6.45) is 0.689. The Morgan fingerprint density at radius 2 is 1.83 bits per heavy atom. The zero-order valence-electron chi connectivity index (χ0n) is 15.9. The molecule has 29 heavy (non-hydrogen) atoms. The van der Waals surface area contributed by atoms with Gasteiger partial charge in [-0.05, 0) is 48.9 Å². The Labute approximate surface area is 172 Å². The predicted molar refractivity (Wildman–Crippen MR) is 109 cm³/mol. The van der Waals surface area contributed by atoms with Gasteiger partial charge in [-0.15, -0.1) is 0 Å². The van der Waals surface area contributed by atoms with Gasteiger partial charge in [-0.3, -0.25) is 9.59 Å². The second-order valence-electron chi connectivity index (χ2n) is 6.17. The average Bonchev–Trinajstić information content (AvgIpc) is 2.95. The molecule has 0 spiro atoms. The van der Waals surface area contributed by atoms with E-state index in [4.69, 9.17) is 21.1 Å². The summed E-state index contributed by atoms with van der Waals surface area (Å²) in [5, 5.41) is 2.64. The van der Waals surface area contributed by atoms with Crippen LogP contribution in [0, 0.1) is 0 Å². The van der Waals surface area contributed by atoms with Crippen molar-refractivity contribution in [1.82, 2.24) is 0 Å². The predicted octanol–water partition coefficient (Wildman–Crippen LogP) is 3.70. The Balaban J connectivity index is 1.83. The number of benzene rings is 2. The molecule has 1 N–H and O–H groups in total. The molecule has 8 heteroatoms. The summed E-state index contributed by atoms with van der Waals surface area (Å²) in [6, 6.07) is 12.9. The van der Waals surface area contributed by atoms with Crippen molar-refractivity contribution in [3.63, 3.8) is 0 Å². The van der Waals surface area contributed by atoms with Crippen LogP contribution in [0.25, 0.3) is 0 Å². The highest BCUT2D eigenvalue weighted by molar-refractivity contribution is 6.53. The number of anilines is 2. The summed E-state index contributed by atoms with van der Waals surface area (Å²) in [6.45, 7) is 2.17. The molecule has 0 radical (unpaired) electrons. The molecule has 1 aliphatic heterocycles. The number of amides is 2. The molecule has 0 aromatic heterocycles. The zero-order valence-corrected chi connectivity index (χ0v) is 16.7. The van der Waals surface area contributed by atoms with Gasteiger partial charge in [-0.1, -0.05) is 24.6 Å². The third-order valence-corrected chi connectivity index (χ3v) is 4.51. The highest BCUT2D eigenvalue weighted by Gasteiger charge is 2.39. The number of ether oxygens (including phenoxy) is 2. The number of hydrogen-bond donors (Lipinski definition) is 1. The molecule has 0 saturated carbocycles. The van der Waals surface area contributed by atoms with E-state index in [1.807, 2.05) is 6.92 Å². The molecule has 0 bridgehead atoms. The fourth-order valence-corrected chi connectivity index (χ4v) is 2.93. The second kappa shape index (κ2) is 8.79.